The average molecular weight is 330 g/mol. The van der Waals surface area contributed by atoms with E-state index in [4.69, 9.17) is 5.26 Å². The van der Waals surface area contributed by atoms with Gasteiger partial charge in [0.2, 0.25) is 0 Å². The maximum atomic E-state index is 12.6. The summed E-state index contributed by atoms with van der Waals surface area (Å²) in [7, 11) is 0. The number of allylic oxidation sites excluding steroid dienone is 2. The number of nitriles is 1. The number of hydrogen-bond donors (Lipinski definition) is 1. The highest BCUT2D eigenvalue weighted by atomic mass is 16.1. The molecule has 0 aliphatic carbocycles. The van der Waals surface area contributed by atoms with Crippen molar-refractivity contribution in [1.82, 2.24) is 4.98 Å². The Hall–Kier alpha value is -3.26. The number of carbonyl (C=O) groups excluding carboxylic acids is 1. The Morgan fingerprint density at radius 3 is 2.84 bits per heavy atom. The maximum Gasteiger partial charge on any atom is 0.274 e. The van der Waals surface area contributed by atoms with E-state index >= 15 is 0 Å². The molecule has 25 heavy (non-hydrogen) atoms. The van der Waals surface area contributed by atoms with Crippen molar-refractivity contribution < 1.29 is 4.79 Å². The van der Waals surface area contributed by atoms with Gasteiger partial charge in [-0.1, -0.05) is 12.1 Å². The third-order valence-corrected chi connectivity index (χ3v) is 4.37. The van der Waals surface area contributed by atoms with Crippen LogP contribution in [0.4, 0.5) is 5.69 Å². The lowest BCUT2D eigenvalue weighted by Crippen LogP contribution is -2.16. The van der Waals surface area contributed by atoms with Crippen LogP contribution >= 0.6 is 0 Å². The highest BCUT2D eigenvalue weighted by Crippen LogP contribution is 2.24. The highest BCUT2D eigenvalue weighted by molar-refractivity contribution is 6.12. The first-order valence-corrected chi connectivity index (χ1v) is 8.03. The van der Waals surface area contributed by atoms with Crippen LogP contribution in [0.1, 0.15) is 45.2 Å². The lowest BCUT2D eigenvalue weighted by molar-refractivity contribution is 0.102. The van der Waals surface area contributed by atoms with Crippen LogP contribution in [0, 0.1) is 25.2 Å². The van der Waals surface area contributed by atoms with Gasteiger partial charge >= 0.3 is 0 Å². The number of hydrogen-bond acceptors (Lipinski definition) is 4. The van der Waals surface area contributed by atoms with E-state index in [-0.39, 0.29) is 5.91 Å². The number of rotatable bonds is 3. The molecule has 0 spiro atoms. The molecule has 2 heterocycles. The quantitative estimate of drug-likeness (QED) is 0.932. The van der Waals surface area contributed by atoms with Gasteiger partial charge in [-0.3, -0.25) is 9.79 Å². The number of amides is 1. The van der Waals surface area contributed by atoms with Crippen LogP contribution in [-0.2, 0) is 6.54 Å². The first kappa shape index (κ1) is 16.6. The monoisotopic (exact) mass is 330 g/mol. The summed E-state index contributed by atoms with van der Waals surface area (Å²) in [4.78, 5) is 21.2. The molecule has 0 radical (unpaired) electrons. The first-order chi connectivity index (χ1) is 12.0. The van der Waals surface area contributed by atoms with Crippen molar-refractivity contribution in [2.75, 3.05) is 5.32 Å². The van der Waals surface area contributed by atoms with Crippen molar-refractivity contribution in [2.24, 2.45) is 4.99 Å². The summed E-state index contributed by atoms with van der Waals surface area (Å²) in [6, 6.07) is 7.87. The molecule has 1 aliphatic rings. The van der Waals surface area contributed by atoms with Gasteiger partial charge < -0.3 is 5.32 Å². The number of aliphatic imine (C=N–C) groups is 1. The Labute approximate surface area is 146 Å². The van der Waals surface area contributed by atoms with Crippen molar-refractivity contribution in [2.45, 2.75) is 27.3 Å². The molecule has 0 saturated heterocycles. The third-order valence-electron chi connectivity index (χ3n) is 4.37. The number of aromatic nitrogens is 1. The van der Waals surface area contributed by atoms with E-state index in [1.807, 2.05) is 44.2 Å². The van der Waals surface area contributed by atoms with E-state index in [1.54, 1.807) is 6.92 Å². The molecule has 1 N–H and O–H groups in total. The second-order valence-corrected chi connectivity index (χ2v) is 5.91. The minimum Gasteiger partial charge on any atom is -0.321 e. The van der Waals surface area contributed by atoms with Crippen molar-refractivity contribution >= 4 is 17.3 Å². The molecule has 0 fully saturated rings. The molecule has 0 bridgehead atoms. The number of benzene rings is 1. The van der Waals surface area contributed by atoms with Crippen molar-refractivity contribution in [3.8, 4) is 6.07 Å². The van der Waals surface area contributed by atoms with Gasteiger partial charge in [0, 0.05) is 17.4 Å². The summed E-state index contributed by atoms with van der Waals surface area (Å²) in [6.45, 7) is 6.24. The molecular weight excluding hydrogens is 312 g/mol. The molecular formula is C20H18N4O. The summed E-state index contributed by atoms with van der Waals surface area (Å²) < 4.78 is 0. The van der Waals surface area contributed by atoms with Crippen LogP contribution in [0.15, 0.2) is 41.5 Å². The molecule has 1 aromatic carbocycles. The van der Waals surface area contributed by atoms with Crippen LogP contribution in [0.2, 0.25) is 0 Å². The molecule has 5 nitrogen and oxygen atoms in total. The average Bonchev–Trinajstić information content (AvgIpc) is 3.00. The Kier molecular flexibility index (Phi) is 4.44. The van der Waals surface area contributed by atoms with E-state index in [2.05, 4.69) is 21.4 Å². The molecule has 124 valence electrons. The van der Waals surface area contributed by atoms with Gasteiger partial charge in [0.1, 0.15) is 11.8 Å². The number of nitrogens with one attached hydrogen (secondary N) is 1. The van der Waals surface area contributed by atoms with Crippen LogP contribution in [-0.4, -0.2) is 16.6 Å². The Morgan fingerprint density at radius 2 is 2.12 bits per heavy atom. The zero-order chi connectivity index (χ0) is 18.0. The molecule has 2 aromatic rings. The second-order valence-electron chi connectivity index (χ2n) is 5.91. The van der Waals surface area contributed by atoms with Gasteiger partial charge in [-0.25, -0.2) is 4.98 Å². The fourth-order valence-corrected chi connectivity index (χ4v) is 2.82. The Bertz CT molecular complexity index is 964. The van der Waals surface area contributed by atoms with E-state index in [0.717, 1.165) is 22.4 Å². The van der Waals surface area contributed by atoms with Crippen molar-refractivity contribution in [3.05, 3.63) is 70.1 Å². The number of carbonyl (C=O) groups is 1. The lowest BCUT2D eigenvalue weighted by atomic mass is 10.0. The van der Waals surface area contributed by atoms with E-state index in [0.29, 0.717) is 29.1 Å². The van der Waals surface area contributed by atoms with E-state index in [1.165, 1.54) is 6.20 Å². The second kappa shape index (κ2) is 6.70. The smallest absolute Gasteiger partial charge is 0.274 e. The SMILES string of the molecule is C/C=C/C1=NCc2ccc(NC(=O)c3ncc(C#N)c(C)c3C)cc21. The standard InChI is InChI=1S/C20H18N4O/c1-4-5-18-17-8-16(7-6-14(17)10-22-18)24-20(25)19-13(3)12(2)15(9-21)11-23-19/h4-8,11H,10H2,1-3H3,(H,24,25)/b5-4+. The van der Waals surface area contributed by atoms with Crippen LogP contribution in [0.25, 0.3) is 0 Å². The van der Waals surface area contributed by atoms with Crippen LogP contribution in [0.3, 0.4) is 0 Å². The first-order valence-electron chi connectivity index (χ1n) is 8.03. The van der Waals surface area contributed by atoms with Crippen LogP contribution < -0.4 is 5.32 Å². The van der Waals surface area contributed by atoms with E-state index in [9.17, 15) is 4.79 Å². The molecule has 0 unspecified atom stereocenters. The zero-order valence-corrected chi connectivity index (χ0v) is 14.4. The molecule has 3 rings (SSSR count). The summed E-state index contributed by atoms with van der Waals surface area (Å²) in [6.07, 6.45) is 5.36. The Morgan fingerprint density at radius 1 is 1.32 bits per heavy atom. The Balaban J connectivity index is 1.88. The van der Waals surface area contributed by atoms with Gasteiger partial charge in [-0.2, -0.15) is 5.26 Å². The van der Waals surface area contributed by atoms with Gasteiger partial charge in [-0.05, 0) is 55.7 Å². The lowest BCUT2D eigenvalue weighted by Gasteiger charge is -2.11. The molecule has 0 saturated carbocycles. The minimum absolute atomic E-state index is 0.285. The summed E-state index contributed by atoms with van der Waals surface area (Å²) in [5.41, 5.74) is 6.13. The number of fused-ring (bicyclic) bond motifs is 1. The molecule has 0 atom stereocenters. The fraction of sp³-hybridized carbons (Fsp3) is 0.200. The third kappa shape index (κ3) is 3.07. The normalized spacial score (nSPS) is 12.6. The largest absolute Gasteiger partial charge is 0.321 e. The fourth-order valence-electron chi connectivity index (χ4n) is 2.82. The molecule has 1 aliphatic heterocycles. The number of pyridine rings is 1. The number of nitrogens with zero attached hydrogens (tertiary/aromatic N) is 3. The predicted octanol–water partition coefficient (Wildman–Crippen LogP) is 3.70. The summed E-state index contributed by atoms with van der Waals surface area (Å²) in [5, 5.41) is 12.0. The topological polar surface area (TPSA) is 78.1 Å². The number of anilines is 1. The van der Waals surface area contributed by atoms with Gasteiger partial charge in [-0.15, -0.1) is 0 Å². The van der Waals surface area contributed by atoms with Crippen molar-refractivity contribution in [1.29, 1.82) is 5.26 Å². The van der Waals surface area contributed by atoms with Gasteiger partial charge in [0.15, 0.2) is 0 Å². The zero-order valence-electron chi connectivity index (χ0n) is 14.4. The minimum atomic E-state index is -0.285. The van der Waals surface area contributed by atoms with Gasteiger partial charge in [0.25, 0.3) is 5.91 Å². The predicted molar refractivity (Wildman–Crippen MR) is 97.9 cm³/mol. The molecule has 5 heteroatoms. The summed E-state index contributed by atoms with van der Waals surface area (Å²) >= 11 is 0. The van der Waals surface area contributed by atoms with Crippen molar-refractivity contribution in [3.63, 3.8) is 0 Å². The maximum absolute atomic E-state index is 12.6. The van der Waals surface area contributed by atoms with E-state index < -0.39 is 0 Å². The highest BCUT2D eigenvalue weighted by Gasteiger charge is 2.17. The van der Waals surface area contributed by atoms with Crippen LogP contribution in [0.5, 0.6) is 0 Å². The molecule has 1 amide bonds. The van der Waals surface area contributed by atoms with Gasteiger partial charge in [0.05, 0.1) is 17.8 Å². The molecule has 1 aromatic heterocycles. The summed E-state index contributed by atoms with van der Waals surface area (Å²) in [5.74, 6) is -0.285.